The van der Waals surface area contributed by atoms with Gasteiger partial charge < -0.3 is 81.4 Å². The number of carbonyl (C=O) groups excluding carboxylic acids is 2. The second-order valence-electron chi connectivity index (χ2n) is 15.4. The summed E-state index contributed by atoms with van der Waals surface area (Å²) in [6.45, 7) is 2.12. The van der Waals surface area contributed by atoms with E-state index in [9.17, 15) is 28.5 Å². The first-order chi connectivity index (χ1) is 32.4. The summed E-state index contributed by atoms with van der Waals surface area (Å²) in [6.07, 6.45) is 0.947. The maximum absolute atomic E-state index is 12.6. The SMILES string of the molecule is COc1ccc2c(c1)[C@@H](NC(=O)OCCOP(=O)([O-])[O-])CCc1cc(OC)c(OC)c(OC)c1-2.COc1ccc2c(c1)[C@@H](NC(=O)OCCOP(C)(C)=O)CCc1cc(OC)c(OC)c(OC)c1-2.[Na+].[Na+]. The minimum atomic E-state index is -5.13. The van der Waals surface area contributed by atoms with Crippen LogP contribution in [0, 0.1) is 0 Å². The molecule has 0 fully saturated rings. The molecule has 2 aliphatic carbocycles. The van der Waals surface area contributed by atoms with Gasteiger partial charge in [0.05, 0.1) is 90.0 Å². The van der Waals surface area contributed by atoms with Crippen molar-refractivity contribution in [2.75, 3.05) is 96.6 Å². The summed E-state index contributed by atoms with van der Waals surface area (Å²) in [5.74, 6) is 4.37. The van der Waals surface area contributed by atoms with Crippen LogP contribution >= 0.6 is 15.2 Å². The molecule has 24 heteroatoms. The summed E-state index contributed by atoms with van der Waals surface area (Å²) in [5, 5.41) is 5.74. The number of hydrogen-bond acceptors (Lipinski definition) is 18. The third-order valence-electron chi connectivity index (χ3n) is 10.9. The third-order valence-corrected chi connectivity index (χ3v) is 12.2. The number of phosphoric acid groups is 1. The Bertz CT molecular complexity index is 2350. The van der Waals surface area contributed by atoms with E-state index < -0.39 is 46.6 Å². The maximum atomic E-state index is 12.6. The van der Waals surface area contributed by atoms with E-state index in [1.165, 1.54) is 20.4 Å². The Balaban J connectivity index is 0.000000360. The van der Waals surface area contributed by atoms with Gasteiger partial charge in [-0.05, 0) is 95.5 Å². The van der Waals surface area contributed by atoms with Crippen LogP contribution in [-0.2, 0) is 40.5 Å². The van der Waals surface area contributed by atoms with Crippen LogP contribution in [0.15, 0.2) is 48.5 Å². The summed E-state index contributed by atoms with van der Waals surface area (Å²) in [7, 11) is 4.73. The predicted molar refractivity (Wildman–Crippen MR) is 246 cm³/mol. The number of amides is 2. The molecule has 0 aliphatic heterocycles. The van der Waals surface area contributed by atoms with Crippen molar-refractivity contribution in [1.82, 2.24) is 10.6 Å². The van der Waals surface area contributed by atoms with Crippen molar-refractivity contribution in [2.24, 2.45) is 0 Å². The van der Waals surface area contributed by atoms with Crippen molar-refractivity contribution < 1.29 is 144 Å². The van der Waals surface area contributed by atoms with Crippen molar-refractivity contribution in [1.29, 1.82) is 0 Å². The molecule has 4 aromatic rings. The third kappa shape index (κ3) is 15.6. The number of ether oxygens (including phenoxy) is 10. The summed E-state index contributed by atoms with van der Waals surface area (Å²) in [5.41, 5.74) is 6.96. The largest absolute Gasteiger partial charge is 1.00 e. The van der Waals surface area contributed by atoms with Gasteiger partial charge in [0, 0.05) is 24.5 Å². The molecule has 70 heavy (non-hydrogen) atoms. The summed E-state index contributed by atoms with van der Waals surface area (Å²) in [4.78, 5) is 46.0. The molecule has 0 radical (unpaired) electrons. The maximum Gasteiger partial charge on any atom is 1.00 e. The molecule has 0 saturated carbocycles. The molecule has 2 atom stereocenters. The van der Waals surface area contributed by atoms with Gasteiger partial charge in [-0.15, -0.1) is 0 Å². The number of phosphoric ester groups is 1. The molecular weight excluding hydrogens is 976 g/mol. The molecule has 0 saturated heterocycles. The fourth-order valence-electron chi connectivity index (χ4n) is 8.02. The van der Waals surface area contributed by atoms with Crippen LogP contribution in [0.3, 0.4) is 0 Å². The number of rotatable bonds is 18. The molecule has 4 aromatic carbocycles. The van der Waals surface area contributed by atoms with Crippen molar-refractivity contribution in [3.63, 3.8) is 0 Å². The first kappa shape index (κ1) is 60.4. The van der Waals surface area contributed by atoms with Gasteiger partial charge in [0.1, 0.15) is 24.7 Å². The standard InChI is InChI=1S/C24H32NO8P.C22H28NO10P.2Na/c1-28-16-8-9-17-18(14-16)19(25-24(26)32-11-12-33-34(5,6)27)10-7-15-13-20(29-2)22(30-3)23(31-4)21(15)17;1-28-14-6-7-15-16(12-14)17(23-22(24)32-9-10-33-34(25,26)27)8-5-13-11-18(29-2)20(30-3)21(31-4)19(13)15;;/h8-9,13-14,19H,7,10-12H2,1-6H3,(H,25,26);6-7,11-12,17H,5,8-10H2,1-4H3,(H,23,24)(H2,25,26,27);;/q;;2*+1/p-2/t19-;17-;;/m00../s1. The number of nitrogens with one attached hydrogen (secondary N) is 2. The van der Waals surface area contributed by atoms with E-state index in [2.05, 4.69) is 15.2 Å². The topological polar surface area (TPSA) is 249 Å². The average molecular weight is 1030 g/mol. The van der Waals surface area contributed by atoms with Gasteiger partial charge in [-0.1, -0.05) is 12.1 Å². The van der Waals surface area contributed by atoms with Crippen molar-refractivity contribution in [3.05, 3.63) is 70.8 Å². The molecule has 372 valence electrons. The van der Waals surface area contributed by atoms with E-state index in [0.29, 0.717) is 71.7 Å². The summed E-state index contributed by atoms with van der Waals surface area (Å²) >= 11 is 0. The number of aryl methyl sites for hydroxylation is 2. The minimum Gasteiger partial charge on any atom is -0.790 e. The molecule has 0 heterocycles. The van der Waals surface area contributed by atoms with Crippen molar-refractivity contribution in [3.8, 4) is 68.2 Å². The van der Waals surface area contributed by atoms with Gasteiger partial charge in [-0.2, -0.15) is 0 Å². The first-order valence-electron chi connectivity index (χ1n) is 21.2. The fourth-order valence-corrected chi connectivity index (χ4v) is 8.83. The van der Waals surface area contributed by atoms with Crippen LogP contribution in [-0.4, -0.2) is 109 Å². The molecule has 0 bridgehead atoms. The molecule has 2 amide bonds. The van der Waals surface area contributed by atoms with Gasteiger partial charge in [-0.25, -0.2) is 9.59 Å². The zero-order chi connectivity index (χ0) is 49.8. The molecule has 20 nitrogen and oxygen atoms in total. The smallest absolute Gasteiger partial charge is 0.790 e. The van der Waals surface area contributed by atoms with Crippen LogP contribution < -0.4 is 117 Å². The number of methoxy groups -OCH3 is 8. The number of benzene rings is 4. The average Bonchev–Trinajstić information content (AvgIpc) is 3.56. The van der Waals surface area contributed by atoms with Gasteiger partial charge >= 0.3 is 71.3 Å². The fraction of sp³-hybridized carbons (Fsp3) is 0.435. The molecule has 0 spiro atoms. The number of hydrogen-bond donors (Lipinski definition) is 2. The zero-order valence-electron chi connectivity index (χ0n) is 41.7. The Morgan fingerprint density at radius 3 is 1.26 bits per heavy atom. The second kappa shape index (κ2) is 27.8. The number of fused-ring (bicyclic) bond motifs is 6. The minimum absolute atomic E-state index is 0. The van der Waals surface area contributed by atoms with E-state index >= 15 is 0 Å². The van der Waals surface area contributed by atoms with Crippen molar-refractivity contribution in [2.45, 2.75) is 37.8 Å². The van der Waals surface area contributed by atoms with Crippen LogP contribution in [0.25, 0.3) is 22.3 Å². The quantitative estimate of drug-likeness (QED) is 0.0787. The molecule has 6 rings (SSSR count). The summed E-state index contributed by atoms with van der Waals surface area (Å²) < 4.78 is 86.2. The van der Waals surface area contributed by atoms with Crippen molar-refractivity contribution >= 4 is 27.4 Å². The molecule has 0 unspecified atom stereocenters. The molecule has 2 N–H and O–H groups in total. The van der Waals surface area contributed by atoms with Crippen LogP contribution in [0.1, 0.15) is 47.2 Å². The Kier molecular flexibility index (Phi) is 24.0. The predicted octanol–water partition coefficient (Wildman–Crippen LogP) is 0.611. The van der Waals surface area contributed by atoms with Gasteiger partial charge in [-0.3, -0.25) is 4.57 Å². The van der Waals surface area contributed by atoms with Crippen LogP contribution in [0.5, 0.6) is 46.0 Å². The Labute approximate surface area is 452 Å². The van der Waals surface area contributed by atoms with E-state index in [-0.39, 0.29) is 78.4 Å². The number of carbonyl (C=O) groups is 2. The second-order valence-corrected chi connectivity index (χ2v) is 19.3. The van der Waals surface area contributed by atoms with Gasteiger partial charge in [0.25, 0.3) is 0 Å². The van der Waals surface area contributed by atoms with Gasteiger partial charge in [0.2, 0.25) is 11.5 Å². The summed E-state index contributed by atoms with van der Waals surface area (Å²) in [6, 6.07) is 14.2. The molecule has 0 aromatic heterocycles. The molecule has 2 aliphatic rings. The van der Waals surface area contributed by atoms with E-state index in [0.717, 1.165) is 44.5 Å². The number of alkyl carbamates (subject to hydrolysis) is 2. The van der Waals surface area contributed by atoms with E-state index in [4.69, 9.17) is 51.9 Å². The van der Waals surface area contributed by atoms with Crippen LogP contribution in [0.4, 0.5) is 9.59 Å². The van der Waals surface area contributed by atoms with Gasteiger partial charge in [0.15, 0.2) is 30.4 Å². The normalized spacial score (nSPS) is 14.4. The van der Waals surface area contributed by atoms with Crippen LogP contribution in [0.2, 0.25) is 0 Å². The Morgan fingerprint density at radius 2 is 0.929 bits per heavy atom. The Hall–Kier alpha value is -3.88. The first-order valence-corrected chi connectivity index (χ1v) is 25.1. The monoisotopic (exact) mass is 1030 g/mol. The Morgan fingerprint density at radius 1 is 0.543 bits per heavy atom. The van der Waals surface area contributed by atoms with E-state index in [1.54, 1.807) is 55.8 Å². The molecular formula is C46H58N2Na2O18P2. The van der Waals surface area contributed by atoms with E-state index in [1.807, 2.05) is 42.5 Å². The zero-order valence-corrected chi connectivity index (χ0v) is 47.5.